The third-order valence-corrected chi connectivity index (χ3v) is 4.42. The SMILES string of the molecule is O=C(CSc1nc2cc(C(F)(F)F)ncn2n1)Nc1ccc(Cl)c([N+](=O)[O-])c1. The number of thioether (sulfide) groups is 1. The van der Waals surface area contributed by atoms with Crippen molar-refractivity contribution in [2.45, 2.75) is 11.3 Å². The van der Waals surface area contributed by atoms with E-state index < -0.39 is 22.7 Å². The van der Waals surface area contributed by atoms with Gasteiger partial charge in [-0.2, -0.15) is 13.2 Å². The van der Waals surface area contributed by atoms with Crippen molar-refractivity contribution in [1.82, 2.24) is 19.6 Å². The summed E-state index contributed by atoms with van der Waals surface area (Å²) < 4.78 is 39.0. The van der Waals surface area contributed by atoms with Crippen molar-refractivity contribution in [3.8, 4) is 0 Å². The highest BCUT2D eigenvalue weighted by molar-refractivity contribution is 7.99. The molecule has 0 aliphatic carbocycles. The molecule has 0 unspecified atom stereocenters. The number of amides is 1. The quantitative estimate of drug-likeness (QED) is 0.373. The second-order valence-corrected chi connectivity index (χ2v) is 6.58. The molecule has 0 atom stereocenters. The topological polar surface area (TPSA) is 115 Å². The Kier molecular flexibility index (Phi) is 5.38. The fourth-order valence-corrected chi connectivity index (χ4v) is 2.87. The van der Waals surface area contributed by atoms with Gasteiger partial charge in [0, 0.05) is 17.8 Å². The number of fused-ring (bicyclic) bond motifs is 1. The van der Waals surface area contributed by atoms with Crippen LogP contribution in [0.1, 0.15) is 5.69 Å². The van der Waals surface area contributed by atoms with E-state index in [0.717, 1.165) is 34.7 Å². The number of carbonyl (C=O) groups is 1. The van der Waals surface area contributed by atoms with E-state index in [-0.39, 0.29) is 33.0 Å². The molecular formula is C14H8ClF3N6O3S. The first-order chi connectivity index (χ1) is 13.1. The molecule has 2 aromatic heterocycles. The lowest BCUT2D eigenvalue weighted by molar-refractivity contribution is -0.384. The summed E-state index contributed by atoms with van der Waals surface area (Å²) in [5.41, 5.74) is -1.37. The summed E-state index contributed by atoms with van der Waals surface area (Å²) in [6, 6.07) is 4.52. The molecule has 0 saturated carbocycles. The highest BCUT2D eigenvalue weighted by atomic mass is 35.5. The molecule has 2 heterocycles. The van der Waals surface area contributed by atoms with E-state index in [2.05, 4.69) is 20.4 Å². The molecule has 0 radical (unpaired) electrons. The number of hydrogen-bond acceptors (Lipinski definition) is 7. The summed E-state index contributed by atoms with van der Waals surface area (Å²) in [7, 11) is 0. The van der Waals surface area contributed by atoms with Crippen LogP contribution in [0.25, 0.3) is 5.65 Å². The minimum absolute atomic E-state index is 0.0679. The van der Waals surface area contributed by atoms with Crippen molar-refractivity contribution in [3.05, 3.63) is 51.4 Å². The van der Waals surface area contributed by atoms with Crippen LogP contribution in [0, 0.1) is 10.1 Å². The van der Waals surface area contributed by atoms with Crippen molar-refractivity contribution in [2.75, 3.05) is 11.1 Å². The van der Waals surface area contributed by atoms with E-state index in [0.29, 0.717) is 0 Å². The number of hydrogen-bond donors (Lipinski definition) is 1. The molecule has 0 fully saturated rings. The number of alkyl halides is 3. The first-order valence-electron chi connectivity index (χ1n) is 7.29. The number of benzene rings is 1. The normalized spacial score (nSPS) is 11.6. The minimum atomic E-state index is -4.61. The molecule has 1 aromatic carbocycles. The average Bonchev–Trinajstić information content (AvgIpc) is 3.02. The van der Waals surface area contributed by atoms with Crippen molar-refractivity contribution >= 4 is 46.3 Å². The van der Waals surface area contributed by atoms with Crippen LogP contribution in [-0.2, 0) is 11.0 Å². The smallest absolute Gasteiger partial charge is 0.325 e. The Hall–Kier alpha value is -2.93. The highest BCUT2D eigenvalue weighted by Crippen LogP contribution is 2.29. The number of aromatic nitrogens is 4. The van der Waals surface area contributed by atoms with Gasteiger partial charge in [-0.1, -0.05) is 23.4 Å². The molecule has 14 heteroatoms. The zero-order valence-corrected chi connectivity index (χ0v) is 15.0. The monoisotopic (exact) mass is 432 g/mol. The van der Waals surface area contributed by atoms with Gasteiger partial charge in [0.05, 0.1) is 10.7 Å². The number of rotatable bonds is 5. The molecule has 1 N–H and O–H groups in total. The van der Waals surface area contributed by atoms with Crippen LogP contribution in [0.15, 0.2) is 35.7 Å². The maximum Gasteiger partial charge on any atom is 0.433 e. The maximum absolute atomic E-state index is 12.7. The van der Waals surface area contributed by atoms with Crippen molar-refractivity contribution in [2.24, 2.45) is 0 Å². The summed E-state index contributed by atoms with van der Waals surface area (Å²) in [4.78, 5) is 29.3. The Balaban J connectivity index is 1.66. The molecule has 0 bridgehead atoms. The summed E-state index contributed by atoms with van der Waals surface area (Å²) in [5.74, 6) is -0.693. The van der Waals surface area contributed by atoms with Gasteiger partial charge in [-0.15, -0.1) is 5.10 Å². The van der Waals surface area contributed by atoms with Gasteiger partial charge < -0.3 is 5.32 Å². The fraction of sp³-hybridized carbons (Fsp3) is 0.143. The van der Waals surface area contributed by atoms with Gasteiger partial charge in [-0.25, -0.2) is 14.5 Å². The Morgan fingerprint density at radius 3 is 2.79 bits per heavy atom. The first-order valence-corrected chi connectivity index (χ1v) is 8.66. The lowest BCUT2D eigenvalue weighted by Crippen LogP contribution is -2.14. The molecular weight excluding hydrogens is 425 g/mol. The van der Waals surface area contributed by atoms with Crippen LogP contribution in [0.5, 0.6) is 0 Å². The number of carbonyl (C=O) groups excluding carboxylic acids is 1. The Morgan fingerprint density at radius 2 is 2.11 bits per heavy atom. The molecule has 0 saturated heterocycles. The standard InChI is InChI=1S/C14H8ClF3N6O3S/c15-8-2-1-7(3-9(8)24(26)27)20-12(25)5-28-13-21-11-4-10(14(16,17)18)19-6-23(11)22-13/h1-4,6H,5H2,(H,20,25). The number of nitrogens with zero attached hydrogens (tertiary/aromatic N) is 5. The van der Waals surface area contributed by atoms with E-state index in [9.17, 15) is 28.1 Å². The van der Waals surface area contributed by atoms with Crippen LogP contribution >= 0.6 is 23.4 Å². The fourth-order valence-electron chi connectivity index (χ4n) is 2.05. The zero-order valence-electron chi connectivity index (χ0n) is 13.5. The van der Waals surface area contributed by atoms with Crippen LogP contribution in [0.4, 0.5) is 24.5 Å². The summed E-state index contributed by atoms with van der Waals surface area (Å²) in [6.07, 6.45) is -3.73. The van der Waals surface area contributed by atoms with E-state index in [4.69, 9.17) is 11.6 Å². The van der Waals surface area contributed by atoms with Crippen molar-refractivity contribution in [1.29, 1.82) is 0 Å². The molecule has 28 heavy (non-hydrogen) atoms. The molecule has 9 nitrogen and oxygen atoms in total. The minimum Gasteiger partial charge on any atom is -0.325 e. The molecule has 0 spiro atoms. The van der Waals surface area contributed by atoms with Crippen molar-refractivity contribution in [3.63, 3.8) is 0 Å². The molecule has 1 amide bonds. The molecule has 0 aliphatic rings. The van der Waals surface area contributed by atoms with Gasteiger partial charge >= 0.3 is 6.18 Å². The van der Waals surface area contributed by atoms with E-state index >= 15 is 0 Å². The number of nitrogens with one attached hydrogen (secondary N) is 1. The third kappa shape index (κ3) is 4.48. The predicted octanol–water partition coefficient (Wildman–Crippen LogP) is 3.44. The van der Waals surface area contributed by atoms with Gasteiger partial charge in [0.15, 0.2) is 5.65 Å². The van der Waals surface area contributed by atoms with Gasteiger partial charge in [-0.3, -0.25) is 14.9 Å². The summed E-state index contributed by atoms with van der Waals surface area (Å²) in [6.45, 7) is 0. The highest BCUT2D eigenvalue weighted by Gasteiger charge is 2.33. The van der Waals surface area contributed by atoms with Crippen LogP contribution in [0.2, 0.25) is 5.02 Å². The van der Waals surface area contributed by atoms with Gasteiger partial charge in [0.1, 0.15) is 17.0 Å². The van der Waals surface area contributed by atoms with Crippen LogP contribution in [-0.4, -0.2) is 36.2 Å². The Morgan fingerprint density at radius 1 is 1.36 bits per heavy atom. The maximum atomic E-state index is 12.7. The van der Waals surface area contributed by atoms with Gasteiger partial charge in [0.2, 0.25) is 11.1 Å². The van der Waals surface area contributed by atoms with Gasteiger partial charge in [-0.05, 0) is 12.1 Å². The Labute approximate surface area is 163 Å². The Bertz CT molecular complexity index is 1070. The second kappa shape index (κ2) is 7.59. The number of nitro benzene ring substituents is 1. The van der Waals surface area contributed by atoms with Crippen molar-refractivity contribution < 1.29 is 22.9 Å². The average molecular weight is 433 g/mol. The molecule has 0 aliphatic heterocycles. The molecule has 146 valence electrons. The molecule has 3 aromatic rings. The molecule has 3 rings (SSSR count). The second-order valence-electron chi connectivity index (χ2n) is 5.23. The third-order valence-electron chi connectivity index (χ3n) is 3.26. The van der Waals surface area contributed by atoms with E-state index in [1.54, 1.807) is 0 Å². The summed E-state index contributed by atoms with van der Waals surface area (Å²) >= 11 is 6.57. The summed E-state index contributed by atoms with van der Waals surface area (Å²) in [5, 5.41) is 17.2. The lowest BCUT2D eigenvalue weighted by Gasteiger charge is -2.04. The number of nitro groups is 1. The largest absolute Gasteiger partial charge is 0.433 e. The predicted molar refractivity (Wildman–Crippen MR) is 93.2 cm³/mol. The zero-order chi connectivity index (χ0) is 20.5. The van der Waals surface area contributed by atoms with Crippen LogP contribution < -0.4 is 5.32 Å². The number of anilines is 1. The lowest BCUT2D eigenvalue weighted by atomic mass is 10.3. The van der Waals surface area contributed by atoms with E-state index in [1.165, 1.54) is 12.1 Å². The van der Waals surface area contributed by atoms with Gasteiger partial charge in [0.25, 0.3) is 5.69 Å². The first kappa shape index (κ1) is 19.8. The number of halogens is 4. The van der Waals surface area contributed by atoms with E-state index in [1.807, 2.05) is 0 Å². The van der Waals surface area contributed by atoms with Crippen LogP contribution in [0.3, 0.4) is 0 Å².